The molecule has 0 aromatic heterocycles. The number of hydrogen-bond donors (Lipinski definition) is 4. The fourth-order valence-corrected chi connectivity index (χ4v) is 3.97. The molecule has 0 radical (unpaired) electrons. The van der Waals surface area contributed by atoms with Gasteiger partial charge in [-0.15, -0.1) is 0 Å². The third-order valence-electron chi connectivity index (χ3n) is 5.12. The highest BCUT2D eigenvalue weighted by Gasteiger charge is 2.16. The number of rotatable bonds is 4. The Morgan fingerprint density at radius 1 is 0.458 bits per heavy atom. The Morgan fingerprint density at radius 3 is 0.917 bits per heavy atom. The zero-order chi connectivity index (χ0) is 16.8. The predicted octanol–water partition coefficient (Wildman–Crippen LogP) is 2.42. The van der Waals surface area contributed by atoms with Gasteiger partial charge in [0.15, 0.2) is 0 Å². The Bertz CT molecular complexity index is 890. The molecule has 4 heteroatoms. The molecule has 122 valence electrons. The molecule has 0 saturated carbocycles. The average molecular weight is 318 g/mol. The van der Waals surface area contributed by atoms with E-state index in [1.54, 1.807) is 0 Å². The van der Waals surface area contributed by atoms with Gasteiger partial charge in [0, 0.05) is 26.2 Å². The van der Waals surface area contributed by atoms with Gasteiger partial charge < -0.3 is 22.9 Å². The lowest BCUT2D eigenvalue weighted by Crippen LogP contribution is -2.06. The molecule has 0 atom stereocenters. The van der Waals surface area contributed by atoms with Crippen molar-refractivity contribution in [2.75, 3.05) is 0 Å². The standard InChI is InChI=1S/C20H22N4/c21-7-11-5-13(9-23)17-3-4-18-14(10-24)6-12(8-22)16-2-1-15(11)19(17)20(16)18/h1-6H,7-10,21-24H2. The first-order chi connectivity index (χ1) is 11.7. The van der Waals surface area contributed by atoms with Crippen molar-refractivity contribution in [3.8, 4) is 0 Å². The van der Waals surface area contributed by atoms with Crippen molar-refractivity contribution < 1.29 is 0 Å². The van der Waals surface area contributed by atoms with E-state index in [1.807, 2.05) is 0 Å². The van der Waals surface area contributed by atoms with Gasteiger partial charge in [0.05, 0.1) is 0 Å². The Labute approximate surface area is 140 Å². The second kappa shape index (κ2) is 5.69. The lowest BCUT2D eigenvalue weighted by molar-refractivity contribution is 1.04. The molecule has 24 heavy (non-hydrogen) atoms. The van der Waals surface area contributed by atoms with Gasteiger partial charge >= 0.3 is 0 Å². The molecule has 0 aliphatic heterocycles. The summed E-state index contributed by atoms with van der Waals surface area (Å²) in [6.07, 6.45) is 0. The summed E-state index contributed by atoms with van der Waals surface area (Å²) in [6.45, 7) is 1.98. The van der Waals surface area contributed by atoms with Crippen molar-refractivity contribution in [1.29, 1.82) is 0 Å². The summed E-state index contributed by atoms with van der Waals surface area (Å²) in [5, 5.41) is 7.25. The molecule has 0 amide bonds. The van der Waals surface area contributed by atoms with Crippen molar-refractivity contribution in [1.82, 2.24) is 0 Å². The topological polar surface area (TPSA) is 104 Å². The van der Waals surface area contributed by atoms with Crippen molar-refractivity contribution in [2.45, 2.75) is 26.2 Å². The van der Waals surface area contributed by atoms with E-state index >= 15 is 0 Å². The van der Waals surface area contributed by atoms with E-state index in [4.69, 9.17) is 22.9 Å². The smallest absolute Gasteiger partial charge is 0.0184 e. The molecule has 0 unspecified atom stereocenters. The van der Waals surface area contributed by atoms with Crippen LogP contribution < -0.4 is 22.9 Å². The normalized spacial score (nSPS) is 12.0. The molecule has 0 aliphatic carbocycles. The minimum absolute atomic E-state index is 0.495. The second-order valence-electron chi connectivity index (χ2n) is 6.28. The molecule has 4 aromatic rings. The summed E-state index contributed by atoms with van der Waals surface area (Å²) >= 11 is 0. The van der Waals surface area contributed by atoms with Crippen molar-refractivity contribution in [2.24, 2.45) is 22.9 Å². The van der Waals surface area contributed by atoms with Gasteiger partial charge in [-0.3, -0.25) is 0 Å². The SMILES string of the molecule is NCc1cc(CN)c2ccc3c(CN)cc(CN)c4ccc1c2c43. The summed E-state index contributed by atoms with van der Waals surface area (Å²) < 4.78 is 0. The Morgan fingerprint density at radius 2 is 0.708 bits per heavy atom. The second-order valence-corrected chi connectivity index (χ2v) is 6.28. The molecular formula is C20H22N4. The Hall–Kier alpha value is -2.24. The first-order valence-corrected chi connectivity index (χ1v) is 8.27. The Kier molecular flexibility index (Phi) is 3.62. The third-order valence-corrected chi connectivity index (χ3v) is 5.12. The van der Waals surface area contributed by atoms with Gasteiger partial charge in [-0.1, -0.05) is 36.4 Å². The van der Waals surface area contributed by atoms with Crippen LogP contribution in [-0.2, 0) is 26.2 Å². The zero-order valence-electron chi connectivity index (χ0n) is 13.6. The molecule has 0 saturated heterocycles. The van der Waals surface area contributed by atoms with Crippen molar-refractivity contribution in [3.05, 3.63) is 58.7 Å². The van der Waals surface area contributed by atoms with Gasteiger partial charge in [-0.05, 0) is 54.6 Å². The highest BCUT2D eigenvalue weighted by Crippen LogP contribution is 2.40. The molecule has 8 N–H and O–H groups in total. The monoisotopic (exact) mass is 318 g/mol. The van der Waals surface area contributed by atoms with Crippen LogP contribution in [0.2, 0.25) is 0 Å². The minimum Gasteiger partial charge on any atom is -0.326 e. The largest absolute Gasteiger partial charge is 0.326 e. The predicted molar refractivity (Wildman–Crippen MR) is 102 cm³/mol. The fraction of sp³-hybridized carbons (Fsp3) is 0.200. The van der Waals surface area contributed by atoms with Crippen LogP contribution in [0.3, 0.4) is 0 Å². The van der Waals surface area contributed by atoms with Crippen LogP contribution in [0.5, 0.6) is 0 Å². The summed E-state index contributed by atoms with van der Waals surface area (Å²) in [6, 6.07) is 12.9. The first kappa shape index (κ1) is 15.3. The van der Waals surface area contributed by atoms with Crippen LogP contribution in [0.4, 0.5) is 0 Å². The molecule has 0 spiro atoms. The lowest BCUT2D eigenvalue weighted by Gasteiger charge is -2.19. The van der Waals surface area contributed by atoms with E-state index in [1.165, 1.54) is 32.3 Å². The van der Waals surface area contributed by atoms with E-state index in [0.29, 0.717) is 26.2 Å². The maximum atomic E-state index is 6.00. The molecule has 0 heterocycles. The van der Waals surface area contributed by atoms with Gasteiger partial charge in [-0.2, -0.15) is 0 Å². The van der Waals surface area contributed by atoms with E-state index in [-0.39, 0.29) is 0 Å². The van der Waals surface area contributed by atoms with Crippen LogP contribution >= 0.6 is 0 Å². The molecular weight excluding hydrogens is 296 g/mol. The highest BCUT2D eigenvalue weighted by atomic mass is 14.6. The maximum Gasteiger partial charge on any atom is 0.0184 e. The van der Waals surface area contributed by atoms with Crippen LogP contribution in [0.25, 0.3) is 32.3 Å². The number of hydrogen-bond acceptors (Lipinski definition) is 4. The average Bonchev–Trinajstić information content (AvgIpc) is 2.64. The number of nitrogens with two attached hydrogens (primary N) is 4. The molecule has 4 aromatic carbocycles. The molecule has 0 aliphatic rings. The molecule has 4 rings (SSSR count). The van der Waals surface area contributed by atoms with E-state index < -0.39 is 0 Å². The first-order valence-electron chi connectivity index (χ1n) is 8.27. The fourth-order valence-electron chi connectivity index (χ4n) is 3.97. The van der Waals surface area contributed by atoms with Crippen LogP contribution in [0.1, 0.15) is 22.3 Å². The van der Waals surface area contributed by atoms with Gasteiger partial charge in [0.1, 0.15) is 0 Å². The van der Waals surface area contributed by atoms with E-state index in [2.05, 4.69) is 36.4 Å². The minimum atomic E-state index is 0.495. The van der Waals surface area contributed by atoms with E-state index in [9.17, 15) is 0 Å². The van der Waals surface area contributed by atoms with Crippen LogP contribution in [0.15, 0.2) is 36.4 Å². The van der Waals surface area contributed by atoms with E-state index in [0.717, 1.165) is 22.3 Å². The van der Waals surface area contributed by atoms with Gasteiger partial charge in [0.2, 0.25) is 0 Å². The summed E-state index contributed by atoms with van der Waals surface area (Å²) in [5.74, 6) is 0. The van der Waals surface area contributed by atoms with Crippen LogP contribution in [-0.4, -0.2) is 0 Å². The van der Waals surface area contributed by atoms with Gasteiger partial charge in [-0.25, -0.2) is 0 Å². The third kappa shape index (κ3) is 1.95. The van der Waals surface area contributed by atoms with Crippen LogP contribution in [0, 0.1) is 0 Å². The van der Waals surface area contributed by atoms with Crippen molar-refractivity contribution >= 4 is 32.3 Å². The quantitative estimate of drug-likeness (QED) is 0.434. The summed E-state index contributed by atoms with van der Waals surface area (Å²) in [5.41, 5.74) is 28.5. The summed E-state index contributed by atoms with van der Waals surface area (Å²) in [4.78, 5) is 0. The van der Waals surface area contributed by atoms with Gasteiger partial charge in [0.25, 0.3) is 0 Å². The lowest BCUT2D eigenvalue weighted by atomic mass is 9.86. The Balaban J connectivity index is 2.33. The number of benzene rings is 4. The molecule has 0 bridgehead atoms. The van der Waals surface area contributed by atoms with Crippen molar-refractivity contribution in [3.63, 3.8) is 0 Å². The summed E-state index contributed by atoms with van der Waals surface area (Å²) in [7, 11) is 0. The maximum absolute atomic E-state index is 6.00. The molecule has 0 fully saturated rings. The zero-order valence-corrected chi connectivity index (χ0v) is 13.6. The highest BCUT2D eigenvalue weighted by molar-refractivity contribution is 6.25. The molecule has 4 nitrogen and oxygen atoms in total.